The van der Waals surface area contributed by atoms with Gasteiger partial charge in [-0.2, -0.15) is 0 Å². The Morgan fingerprint density at radius 1 is 0.969 bits per heavy atom. The molecule has 176 valence electrons. The van der Waals surface area contributed by atoms with E-state index in [-0.39, 0.29) is 18.0 Å². The van der Waals surface area contributed by atoms with E-state index in [1.165, 1.54) is 18.2 Å². The Bertz CT molecular complexity index is 871. The predicted molar refractivity (Wildman–Crippen MR) is 105 cm³/mol. The Labute approximate surface area is 183 Å². The molecule has 0 saturated carbocycles. The smallest absolute Gasteiger partial charge is 0.339 e. The van der Waals surface area contributed by atoms with Crippen molar-refractivity contribution in [1.82, 2.24) is 0 Å². The average molecular weight is 455 g/mol. The number of esters is 4. The second-order valence-electron chi connectivity index (χ2n) is 6.82. The molecule has 0 radical (unpaired) electrons. The Morgan fingerprint density at radius 2 is 1.53 bits per heavy atom. The van der Waals surface area contributed by atoms with Crippen molar-refractivity contribution in [2.24, 2.45) is 0 Å². The quantitative estimate of drug-likeness (QED) is 0.317. The predicted octanol–water partition coefficient (Wildman–Crippen LogP) is -0.167. The van der Waals surface area contributed by atoms with Gasteiger partial charge in [0.2, 0.25) is 12.4 Å². The monoisotopic (exact) mass is 455 g/mol. The summed E-state index contributed by atoms with van der Waals surface area (Å²) in [5.41, 5.74) is 6.57. The first-order valence-electron chi connectivity index (χ1n) is 9.48. The van der Waals surface area contributed by atoms with Gasteiger partial charge in [-0.05, 0) is 17.7 Å². The molecule has 0 aromatic heterocycles. The fraction of sp³-hybridized carbons (Fsp3) is 0.500. The van der Waals surface area contributed by atoms with Crippen LogP contribution in [0.25, 0.3) is 0 Å². The third-order valence-electron chi connectivity index (χ3n) is 4.33. The van der Waals surface area contributed by atoms with Crippen LogP contribution in [0.3, 0.4) is 0 Å². The van der Waals surface area contributed by atoms with Crippen LogP contribution in [0.1, 0.15) is 26.3 Å². The Kier molecular flexibility index (Phi) is 8.38. The number of hydrogen-bond acceptors (Lipinski definition) is 12. The lowest BCUT2D eigenvalue weighted by Crippen LogP contribution is -2.64. The van der Waals surface area contributed by atoms with E-state index in [1.54, 1.807) is 0 Å². The van der Waals surface area contributed by atoms with Gasteiger partial charge < -0.3 is 39.3 Å². The number of nitrogens with two attached hydrogens (primary N) is 1. The average Bonchev–Trinajstić information content (AvgIpc) is 2.71. The Balaban J connectivity index is 2.51. The van der Waals surface area contributed by atoms with Crippen LogP contribution in [0.4, 0.5) is 5.69 Å². The van der Waals surface area contributed by atoms with Crippen molar-refractivity contribution in [3.05, 3.63) is 23.8 Å². The molecule has 0 amide bonds. The zero-order valence-electron chi connectivity index (χ0n) is 17.9. The minimum Gasteiger partial charge on any atom is -0.467 e. The molecule has 12 heteroatoms. The van der Waals surface area contributed by atoms with Gasteiger partial charge in [-0.1, -0.05) is 6.07 Å². The fourth-order valence-electron chi connectivity index (χ4n) is 3.10. The molecule has 1 fully saturated rings. The number of benzene rings is 1. The highest BCUT2D eigenvalue weighted by atomic mass is 16.7. The first kappa shape index (κ1) is 24.9. The summed E-state index contributed by atoms with van der Waals surface area (Å²) in [6.07, 6.45) is -7.51. The van der Waals surface area contributed by atoms with Crippen molar-refractivity contribution < 1.29 is 52.7 Å². The van der Waals surface area contributed by atoms with Gasteiger partial charge in [0.25, 0.3) is 0 Å². The van der Waals surface area contributed by atoms with Crippen LogP contribution in [0.15, 0.2) is 18.2 Å². The maximum absolute atomic E-state index is 12.4. The van der Waals surface area contributed by atoms with Crippen molar-refractivity contribution in [1.29, 1.82) is 0 Å². The number of nitrogen functional groups attached to an aromatic ring is 1. The highest BCUT2D eigenvalue weighted by Gasteiger charge is 2.55. The lowest BCUT2D eigenvalue weighted by atomic mass is 9.97. The van der Waals surface area contributed by atoms with E-state index in [9.17, 15) is 24.3 Å². The van der Waals surface area contributed by atoms with Crippen molar-refractivity contribution >= 4 is 29.6 Å². The number of carbonyl (C=O) groups is 4. The normalized spacial score (nSPS) is 24.7. The summed E-state index contributed by atoms with van der Waals surface area (Å²) < 4.78 is 31.8. The third-order valence-corrected chi connectivity index (χ3v) is 4.33. The molecule has 1 aliphatic heterocycles. The van der Waals surface area contributed by atoms with Gasteiger partial charge in [-0.3, -0.25) is 14.4 Å². The molecule has 1 aromatic rings. The van der Waals surface area contributed by atoms with Crippen LogP contribution in [-0.4, -0.2) is 66.8 Å². The second-order valence-corrected chi connectivity index (χ2v) is 6.82. The van der Waals surface area contributed by atoms with Gasteiger partial charge in [0, 0.05) is 20.8 Å². The number of aliphatic hydroxyl groups is 1. The Morgan fingerprint density at radius 3 is 2.03 bits per heavy atom. The highest BCUT2D eigenvalue weighted by molar-refractivity contribution is 5.77. The largest absolute Gasteiger partial charge is 0.467 e. The maximum atomic E-state index is 12.4. The van der Waals surface area contributed by atoms with Crippen LogP contribution in [0.2, 0.25) is 0 Å². The molecule has 1 aliphatic rings. The first-order valence-corrected chi connectivity index (χ1v) is 9.48. The summed E-state index contributed by atoms with van der Waals surface area (Å²) in [5, 5.41) is 9.24. The SMILES string of the molecule is COC(=O)C1OC(Oc2ccc(CO)cc2N)[C@H](OC(C)=O)[C@@H](OC(C)=O)[C@@H]1OC(C)=O. The molecule has 3 N–H and O–H groups in total. The van der Waals surface area contributed by atoms with Gasteiger partial charge in [-0.15, -0.1) is 0 Å². The van der Waals surface area contributed by atoms with Gasteiger partial charge >= 0.3 is 23.9 Å². The zero-order valence-corrected chi connectivity index (χ0v) is 17.9. The van der Waals surface area contributed by atoms with E-state index in [0.29, 0.717) is 5.56 Å². The van der Waals surface area contributed by atoms with Crippen LogP contribution in [0.5, 0.6) is 5.75 Å². The molecular weight excluding hydrogens is 430 g/mol. The van der Waals surface area contributed by atoms with Crippen LogP contribution in [0, 0.1) is 0 Å². The molecule has 0 bridgehead atoms. The number of methoxy groups -OCH3 is 1. The number of aliphatic hydroxyl groups excluding tert-OH is 1. The molecule has 0 spiro atoms. The van der Waals surface area contributed by atoms with E-state index < -0.39 is 54.6 Å². The summed E-state index contributed by atoms with van der Waals surface area (Å²) >= 11 is 0. The molecule has 1 heterocycles. The molecular formula is C20H25NO11. The number of anilines is 1. The first-order chi connectivity index (χ1) is 15.1. The standard InChI is InChI=1S/C20H25NO11/c1-9(23)28-15-16(29-10(2)24)18(30-11(3)25)20(32-17(15)19(26)27-4)31-14-6-5-12(8-22)7-13(14)21/h5-7,15-18,20,22H,8,21H2,1-4H3/t15-,16-,17?,18+,20?/m0/s1. The van der Waals surface area contributed by atoms with E-state index in [1.807, 2.05) is 0 Å². The summed E-state index contributed by atoms with van der Waals surface area (Å²) in [5.74, 6) is -3.28. The number of carbonyl (C=O) groups excluding carboxylic acids is 4. The lowest BCUT2D eigenvalue weighted by molar-refractivity contribution is -0.282. The lowest BCUT2D eigenvalue weighted by Gasteiger charge is -2.43. The number of rotatable bonds is 7. The highest BCUT2D eigenvalue weighted by Crippen LogP contribution is 2.33. The minimum absolute atomic E-state index is 0.0699. The summed E-state index contributed by atoms with van der Waals surface area (Å²) in [6, 6.07) is 4.40. The van der Waals surface area contributed by atoms with Gasteiger partial charge in [-0.25, -0.2) is 4.79 Å². The molecule has 32 heavy (non-hydrogen) atoms. The summed E-state index contributed by atoms with van der Waals surface area (Å²) in [4.78, 5) is 47.6. The maximum Gasteiger partial charge on any atom is 0.339 e. The zero-order chi connectivity index (χ0) is 24.0. The van der Waals surface area contributed by atoms with Gasteiger partial charge in [0.1, 0.15) is 5.75 Å². The van der Waals surface area contributed by atoms with E-state index in [4.69, 9.17) is 34.2 Å². The second kappa shape index (κ2) is 10.8. The topological polar surface area (TPSA) is 170 Å². The molecule has 5 atom stereocenters. The Hall–Kier alpha value is -3.38. The summed E-state index contributed by atoms with van der Waals surface area (Å²) in [7, 11) is 1.08. The van der Waals surface area contributed by atoms with Crippen LogP contribution >= 0.6 is 0 Å². The van der Waals surface area contributed by atoms with Crippen LogP contribution < -0.4 is 10.5 Å². The van der Waals surface area contributed by atoms with Crippen molar-refractivity contribution in [3.8, 4) is 5.75 Å². The van der Waals surface area contributed by atoms with E-state index in [0.717, 1.165) is 27.9 Å². The van der Waals surface area contributed by atoms with E-state index in [2.05, 4.69) is 0 Å². The molecule has 1 aromatic carbocycles. The van der Waals surface area contributed by atoms with Crippen molar-refractivity contribution in [3.63, 3.8) is 0 Å². The number of hydrogen-bond donors (Lipinski definition) is 2. The van der Waals surface area contributed by atoms with Crippen molar-refractivity contribution in [2.45, 2.75) is 58.1 Å². The minimum atomic E-state index is -1.58. The number of ether oxygens (including phenoxy) is 6. The van der Waals surface area contributed by atoms with Gasteiger partial charge in [0.15, 0.2) is 18.3 Å². The molecule has 2 unspecified atom stereocenters. The van der Waals surface area contributed by atoms with Gasteiger partial charge in [0.05, 0.1) is 19.4 Å². The molecule has 0 aliphatic carbocycles. The van der Waals surface area contributed by atoms with E-state index >= 15 is 0 Å². The molecule has 1 saturated heterocycles. The third kappa shape index (κ3) is 6.08. The fourth-order valence-corrected chi connectivity index (χ4v) is 3.10. The van der Waals surface area contributed by atoms with Crippen LogP contribution in [-0.2, 0) is 49.5 Å². The van der Waals surface area contributed by atoms with Crippen molar-refractivity contribution in [2.75, 3.05) is 12.8 Å². The molecule has 2 rings (SSSR count). The molecule has 12 nitrogen and oxygen atoms in total. The summed E-state index contributed by atoms with van der Waals surface area (Å²) in [6.45, 7) is 2.99.